The topological polar surface area (TPSA) is 3.24 Å². The molecule has 0 aromatic carbocycles. The van der Waals surface area contributed by atoms with E-state index in [4.69, 9.17) is 0 Å². The molecule has 0 aromatic heterocycles. The summed E-state index contributed by atoms with van der Waals surface area (Å²) in [6, 6.07) is 0. The molecule has 0 bridgehead atoms. The molecule has 1 heterocycles. The summed E-state index contributed by atoms with van der Waals surface area (Å²) in [6.45, 7) is 28.8. The van der Waals surface area contributed by atoms with Crippen molar-refractivity contribution in [2.24, 2.45) is 27.6 Å². The van der Waals surface area contributed by atoms with E-state index in [0.29, 0.717) is 16.2 Å². The summed E-state index contributed by atoms with van der Waals surface area (Å²) >= 11 is 0. The molecule has 0 amide bonds. The molecule has 1 rings (SSSR count). The molecule has 1 atom stereocenters. The predicted molar refractivity (Wildman–Crippen MR) is 109 cm³/mol. The minimum Gasteiger partial charge on any atom is -0.306 e. The summed E-state index contributed by atoms with van der Waals surface area (Å²) < 4.78 is 0. The molecule has 1 aliphatic heterocycles. The van der Waals surface area contributed by atoms with Crippen LogP contribution >= 0.6 is 0 Å². The third-order valence-corrected chi connectivity index (χ3v) is 7.50. The van der Waals surface area contributed by atoms with Gasteiger partial charge in [-0.25, -0.2) is 0 Å². The highest BCUT2D eigenvalue weighted by atomic mass is 15.1. The third kappa shape index (κ3) is 5.35. The number of hydrogen-bond acceptors (Lipinski definition) is 1. The Morgan fingerprint density at radius 2 is 1.46 bits per heavy atom. The third-order valence-electron chi connectivity index (χ3n) is 7.50. The van der Waals surface area contributed by atoms with Crippen molar-refractivity contribution in [3.05, 3.63) is 12.2 Å². The highest BCUT2D eigenvalue weighted by Gasteiger charge is 2.44. The van der Waals surface area contributed by atoms with E-state index in [0.717, 1.165) is 12.3 Å². The molecule has 0 aromatic rings. The highest BCUT2D eigenvalue weighted by Crippen LogP contribution is 2.54. The van der Waals surface area contributed by atoms with Gasteiger partial charge >= 0.3 is 0 Å². The Balaban J connectivity index is 2.72. The number of likely N-dealkylation sites (tertiary alicyclic amines) is 1. The lowest BCUT2D eigenvalue weighted by atomic mass is 9.55. The van der Waals surface area contributed by atoms with Crippen molar-refractivity contribution in [3.8, 4) is 0 Å². The standard InChI is InChI=1S/C23H45N/c1-18(14-19-12-13-24(11)16-19)15-21(5,6)23(9,10)17-22(7,8)20(2,3)4/h19H,1,12-17H2,2-11H3. The molecule has 0 radical (unpaired) electrons. The van der Waals surface area contributed by atoms with Gasteiger partial charge in [0.05, 0.1) is 0 Å². The molecule has 0 N–H and O–H groups in total. The van der Waals surface area contributed by atoms with Crippen LogP contribution in [-0.2, 0) is 0 Å². The minimum atomic E-state index is 0.275. The first-order valence-corrected chi connectivity index (χ1v) is 9.93. The molecule has 0 saturated carbocycles. The van der Waals surface area contributed by atoms with Crippen molar-refractivity contribution >= 4 is 0 Å². The minimum absolute atomic E-state index is 0.275. The zero-order chi connectivity index (χ0) is 19.0. The van der Waals surface area contributed by atoms with E-state index in [1.165, 1.54) is 37.9 Å². The maximum atomic E-state index is 4.47. The van der Waals surface area contributed by atoms with Crippen LogP contribution in [-0.4, -0.2) is 25.0 Å². The first kappa shape index (κ1) is 21.7. The first-order chi connectivity index (χ1) is 10.6. The van der Waals surface area contributed by atoms with Crippen LogP contribution < -0.4 is 0 Å². The Hall–Kier alpha value is -0.300. The quantitative estimate of drug-likeness (QED) is 0.463. The Bertz CT molecular complexity index is 433. The second-order valence-electron chi connectivity index (χ2n) is 11.6. The SMILES string of the molecule is C=C(CC1CCN(C)C1)CC(C)(C)C(C)(C)CC(C)(C)C(C)(C)C. The van der Waals surface area contributed by atoms with Gasteiger partial charge in [0.2, 0.25) is 0 Å². The summed E-state index contributed by atoms with van der Waals surface area (Å²) in [7, 11) is 2.24. The van der Waals surface area contributed by atoms with Gasteiger partial charge in [0.1, 0.15) is 0 Å². The Kier molecular flexibility index (Phi) is 6.47. The van der Waals surface area contributed by atoms with Gasteiger partial charge in [-0.2, -0.15) is 0 Å². The fourth-order valence-corrected chi connectivity index (χ4v) is 4.15. The second kappa shape index (κ2) is 7.14. The molecule has 1 aliphatic rings. The van der Waals surface area contributed by atoms with E-state index < -0.39 is 0 Å². The summed E-state index contributed by atoms with van der Waals surface area (Å²) in [5, 5.41) is 0. The van der Waals surface area contributed by atoms with Crippen molar-refractivity contribution in [1.29, 1.82) is 0 Å². The molecule has 142 valence electrons. The average molecular weight is 336 g/mol. The van der Waals surface area contributed by atoms with Crippen molar-refractivity contribution < 1.29 is 0 Å². The molecule has 1 nitrogen and oxygen atoms in total. The molecule has 0 aliphatic carbocycles. The van der Waals surface area contributed by atoms with E-state index in [1.807, 2.05) is 0 Å². The van der Waals surface area contributed by atoms with Crippen molar-refractivity contribution in [2.75, 3.05) is 20.1 Å². The van der Waals surface area contributed by atoms with Crippen molar-refractivity contribution in [1.82, 2.24) is 4.90 Å². The summed E-state index contributed by atoms with van der Waals surface area (Å²) in [4.78, 5) is 2.46. The first-order valence-electron chi connectivity index (χ1n) is 9.93. The fourth-order valence-electron chi connectivity index (χ4n) is 4.15. The smallest absolute Gasteiger partial charge is 0.00101 e. The molecular formula is C23H45N. The van der Waals surface area contributed by atoms with Gasteiger partial charge in [-0.3, -0.25) is 0 Å². The average Bonchev–Trinajstić information content (AvgIpc) is 2.70. The van der Waals surface area contributed by atoms with E-state index >= 15 is 0 Å². The van der Waals surface area contributed by atoms with Crippen LogP contribution in [0.3, 0.4) is 0 Å². The zero-order valence-electron chi connectivity index (χ0n) is 18.5. The van der Waals surface area contributed by atoms with E-state index in [9.17, 15) is 0 Å². The molecule has 1 fully saturated rings. The maximum absolute atomic E-state index is 4.47. The predicted octanol–water partition coefficient (Wildman–Crippen LogP) is 6.79. The van der Waals surface area contributed by atoms with Crippen LogP contribution in [0.4, 0.5) is 0 Å². The lowest BCUT2D eigenvalue weighted by molar-refractivity contribution is 0.00200. The van der Waals surface area contributed by atoms with E-state index in [-0.39, 0.29) is 5.41 Å². The molecule has 1 saturated heterocycles. The van der Waals surface area contributed by atoms with Gasteiger partial charge in [-0.1, -0.05) is 74.5 Å². The van der Waals surface area contributed by atoms with Gasteiger partial charge in [-0.15, -0.1) is 0 Å². The van der Waals surface area contributed by atoms with Gasteiger partial charge in [0, 0.05) is 6.54 Å². The zero-order valence-corrected chi connectivity index (χ0v) is 18.5. The highest BCUT2D eigenvalue weighted by molar-refractivity contribution is 5.05. The van der Waals surface area contributed by atoms with Crippen molar-refractivity contribution in [2.45, 2.75) is 88.0 Å². The number of rotatable bonds is 7. The second-order valence-corrected chi connectivity index (χ2v) is 11.6. The van der Waals surface area contributed by atoms with Crippen LogP contribution in [0.2, 0.25) is 0 Å². The largest absolute Gasteiger partial charge is 0.306 e. The van der Waals surface area contributed by atoms with Crippen molar-refractivity contribution in [3.63, 3.8) is 0 Å². The molecule has 1 heteroatoms. The van der Waals surface area contributed by atoms with Gasteiger partial charge in [0.15, 0.2) is 0 Å². The monoisotopic (exact) mass is 335 g/mol. The number of allylic oxidation sites excluding steroid dienone is 1. The lowest BCUT2D eigenvalue weighted by Gasteiger charge is -2.50. The Morgan fingerprint density at radius 1 is 0.917 bits per heavy atom. The van der Waals surface area contributed by atoms with Crippen LogP contribution in [0.5, 0.6) is 0 Å². The number of nitrogens with zero attached hydrogens (tertiary/aromatic N) is 1. The Labute approximate surface area is 153 Å². The van der Waals surface area contributed by atoms with Crippen LogP contribution in [0, 0.1) is 27.6 Å². The van der Waals surface area contributed by atoms with Crippen LogP contribution in [0.15, 0.2) is 12.2 Å². The molecule has 24 heavy (non-hydrogen) atoms. The lowest BCUT2D eigenvalue weighted by Crippen LogP contribution is -2.41. The van der Waals surface area contributed by atoms with Gasteiger partial charge in [-0.05, 0) is 66.9 Å². The van der Waals surface area contributed by atoms with Crippen LogP contribution in [0.25, 0.3) is 0 Å². The molecule has 0 spiro atoms. The normalized spacial score (nSPS) is 21.3. The summed E-state index contributed by atoms with van der Waals surface area (Å²) in [6.07, 6.45) is 4.96. The number of hydrogen-bond donors (Lipinski definition) is 0. The summed E-state index contributed by atoms with van der Waals surface area (Å²) in [5.74, 6) is 0.826. The maximum Gasteiger partial charge on any atom is 0.00101 e. The van der Waals surface area contributed by atoms with E-state index in [1.54, 1.807) is 0 Å². The van der Waals surface area contributed by atoms with Gasteiger partial charge < -0.3 is 4.90 Å². The summed E-state index contributed by atoms with van der Waals surface area (Å²) in [5.41, 5.74) is 2.67. The van der Waals surface area contributed by atoms with Gasteiger partial charge in [0.25, 0.3) is 0 Å². The van der Waals surface area contributed by atoms with Crippen LogP contribution in [0.1, 0.15) is 88.0 Å². The molecule has 1 unspecified atom stereocenters. The van der Waals surface area contributed by atoms with E-state index in [2.05, 4.69) is 80.8 Å². The Morgan fingerprint density at radius 3 is 1.88 bits per heavy atom. The fraction of sp³-hybridized carbons (Fsp3) is 0.913. The molecular weight excluding hydrogens is 290 g/mol.